The third-order valence-corrected chi connectivity index (χ3v) is 5.03. The molecule has 0 amide bonds. The van der Waals surface area contributed by atoms with Gasteiger partial charge in [-0.1, -0.05) is 0 Å². The Morgan fingerprint density at radius 2 is 1.96 bits per heavy atom. The summed E-state index contributed by atoms with van der Waals surface area (Å²) < 4.78 is 2.26. The average Bonchev–Trinajstić information content (AvgIpc) is 3.17. The van der Waals surface area contributed by atoms with Gasteiger partial charge in [0.2, 0.25) is 0 Å². The van der Waals surface area contributed by atoms with Gasteiger partial charge in [-0.25, -0.2) is 9.97 Å². The lowest BCUT2D eigenvalue weighted by Crippen LogP contribution is -2.36. The first kappa shape index (κ1) is 17.5. The predicted molar refractivity (Wildman–Crippen MR) is 106 cm³/mol. The fraction of sp³-hybridized carbons (Fsp3) is 0.400. The molecule has 1 aliphatic heterocycles. The summed E-state index contributed by atoms with van der Waals surface area (Å²) in [5.74, 6) is 3.36. The van der Waals surface area contributed by atoms with Crippen molar-refractivity contribution in [3.63, 3.8) is 0 Å². The third-order valence-electron chi connectivity index (χ3n) is 5.03. The standard InChI is InChI=1S/C20H25N7/c1-25(2)18-12-22-13-19(24-18)26-10-3-4-17(15-26)20-23-9-11-27(20)14-16-5-7-21-8-6-16/h5-9,11-13,17H,3-4,10,14-15H2,1-2H3/t17-/m1/s1. The van der Waals surface area contributed by atoms with E-state index in [1.165, 1.54) is 5.56 Å². The number of imidazole rings is 1. The van der Waals surface area contributed by atoms with E-state index >= 15 is 0 Å². The summed E-state index contributed by atoms with van der Waals surface area (Å²) in [6, 6.07) is 4.11. The van der Waals surface area contributed by atoms with Crippen LogP contribution in [0.25, 0.3) is 0 Å². The lowest BCUT2D eigenvalue weighted by atomic mass is 9.97. The molecule has 0 radical (unpaired) electrons. The molecule has 0 unspecified atom stereocenters. The SMILES string of the molecule is CN(C)c1cncc(N2CCC[C@@H](c3nccn3Cc3ccncc3)C2)n1. The van der Waals surface area contributed by atoms with Gasteiger partial charge in [-0.05, 0) is 30.5 Å². The molecule has 4 heterocycles. The van der Waals surface area contributed by atoms with E-state index in [4.69, 9.17) is 4.98 Å². The molecule has 4 rings (SSSR count). The van der Waals surface area contributed by atoms with E-state index in [9.17, 15) is 0 Å². The van der Waals surface area contributed by atoms with Crippen LogP contribution in [0, 0.1) is 0 Å². The Labute approximate surface area is 159 Å². The fourth-order valence-electron chi connectivity index (χ4n) is 3.61. The zero-order chi connectivity index (χ0) is 18.6. The second kappa shape index (κ2) is 7.73. The van der Waals surface area contributed by atoms with Crippen LogP contribution < -0.4 is 9.80 Å². The number of hydrogen-bond acceptors (Lipinski definition) is 6. The number of aromatic nitrogens is 5. The maximum atomic E-state index is 4.76. The number of rotatable bonds is 5. The minimum atomic E-state index is 0.389. The van der Waals surface area contributed by atoms with Crippen molar-refractivity contribution < 1.29 is 0 Å². The van der Waals surface area contributed by atoms with Crippen LogP contribution in [-0.4, -0.2) is 51.7 Å². The van der Waals surface area contributed by atoms with Crippen LogP contribution in [0.2, 0.25) is 0 Å². The van der Waals surface area contributed by atoms with Crippen LogP contribution in [0.4, 0.5) is 11.6 Å². The molecule has 1 saturated heterocycles. The molecule has 3 aromatic heterocycles. The lowest BCUT2D eigenvalue weighted by molar-refractivity contribution is 0.474. The van der Waals surface area contributed by atoms with E-state index in [2.05, 4.69) is 42.7 Å². The van der Waals surface area contributed by atoms with Crippen molar-refractivity contribution in [2.75, 3.05) is 37.0 Å². The lowest BCUT2D eigenvalue weighted by Gasteiger charge is -2.33. The van der Waals surface area contributed by atoms with Gasteiger partial charge in [0.1, 0.15) is 17.5 Å². The molecule has 1 aliphatic rings. The van der Waals surface area contributed by atoms with Crippen LogP contribution >= 0.6 is 0 Å². The summed E-state index contributed by atoms with van der Waals surface area (Å²) in [6.07, 6.45) is 13.6. The van der Waals surface area contributed by atoms with E-state index in [0.29, 0.717) is 5.92 Å². The molecule has 0 bridgehead atoms. The van der Waals surface area contributed by atoms with Gasteiger partial charge in [-0.3, -0.25) is 9.97 Å². The van der Waals surface area contributed by atoms with Crippen LogP contribution in [0.5, 0.6) is 0 Å². The first-order valence-corrected chi connectivity index (χ1v) is 9.35. The quantitative estimate of drug-likeness (QED) is 0.694. The number of anilines is 2. The fourth-order valence-corrected chi connectivity index (χ4v) is 3.61. The van der Waals surface area contributed by atoms with E-state index in [-0.39, 0.29) is 0 Å². The van der Waals surface area contributed by atoms with Crippen molar-refractivity contribution in [1.29, 1.82) is 0 Å². The summed E-state index contributed by atoms with van der Waals surface area (Å²) in [6.45, 7) is 2.75. The number of pyridine rings is 1. The van der Waals surface area contributed by atoms with Gasteiger partial charge >= 0.3 is 0 Å². The minimum Gasteiger partial charge on any atom is -0.361 e. The van der Waals surface area contributed by atoms with Gasteiger partial charge < -0.3 is 14.4 Å². The smallest absolute Gasteiger partial charge is 0.149 e. The van der Waals surface area contributed by atoms with Crippen molar-refractivity contribution in [2.24, 2.45) is 0 Å². The Morgan fingerprint density at radius 3 is 2.78 bits per heavy atom. The zero-order valence-corrected chi connectivity index (χ0v) is 15.9. The summed E-state index contributed by atoms with van der Waals surface area (Å²) in [5.41, 5.74) is 1.24. The molecule has 3 aromatic rings. The van der Waals surface area contributed by atoms with Crippen molar-refractivity contribution in [1.82, 2.24) is 24.5 Å². The molecule has 27 heavy (non-hydrogen) atoms. The van der Waals surface area contributed by atoms with Gasteiger partial charge in [0.25, 0.3) is 0 Å². The monoisotopic (exact) mass is 363 g/mol. The molecule has 0 N–H and O–H groups in total. The molecule has 0 saturated carbocycles. The van der Waals surface area contributed by atoms with E-state index in [0.717, 1.165) is 49.9 Å². The van der Waals surface area contributed by atoms with Crippen LogP contribution in [0.15, 0.2) is 49.3 Å². The summed E-state index contributed by atoms with van der Waals surface area (Å²) in [7, 11) is 3.98. The molecule has 0 aromatic carbocycles. The maximum absolute atomic E-state index is 4.76. The van der Waals surface area contributed by atoms with E-state index in [1.54, 1.807) is 6.20 Å². The summed E-state index contributed by atoms with van der Waals surface area (Å²) >= 11 is 0. The molecular weight excluding hydrogens is 338 g/mol. The average molecular weight is 363 g/mol. The van der Waals surface area contributed by atoms with Gasteiger partial charge in [0.15, 0.2) is 0 Å². The molecule has 1 atom stereocenters. The minimum absolute atomic E-state index is 0.389. The summed E-state index contributed by atoms with van der Waals surface area (Å²) in [5, 5.41) is 0. The Hall–Kier alpha value is -2.96. The Morgan fingerprint density at radius 1 is 1.11 bits per heavy atom. The molecule has 7 heteroatoms. The topological polar surface area (TPSA) is 63.0 Å². The largest absolute Gasteiger partial charge is 0.361 e. The van der Waals surface area contributed by atoms with E-state index in [1.807, 2.05) is 43.8 Å². The molecular formula is C20H25N7. The highest BCUT2D eigenvalue weighted by atomic mass is 15.2. The molecule has 0 spiro atoms. The number of nitrogens with zero attached hydrogens (tertiary/aromatic N) is 7. The van der Waals surface area contributed by atoms with Gasteiger partial charge in [-0.15, -0.1) is 0 Å². The third kappa shape index (κ3) is 3.92. The highest BCUT2D eigenvalue weighted by Crippen LogP contribution is 2.29. The van der Waals surface area contributed by atoms with Crippen molar-refractivity contribution in [3.05, 3.63) is 60.7 Å². The Bertz CT molecular complexity index is 875. The van der Waals surface area contributed by atoms with Crippen LogP contribution in [-0.2, 0) is 6.54 Å². The molecule has 140 valence electrons. The highest BCUT2D eigenvalue weighted by Gasteiger charge is 2.26. The Kier molecular flexibility index (Phi) is 5.00. The van der Waals surface area contributed by atoms with Gasteiger partial charge in [0, 0.05) is 64.4 Å². The number of hydrogen-bond donors (Lipinski definition) is 0. The maximum Gasteiger partial charge on any atom is 0.149 e. The number of piperidine rings is 1. The summed E-state index contributed by atoms with van der Waals surface area (Å²) in [4.78, 5) is 22.2. The second-order valence-corrected chi connectivity index (χ2v) is 7.18. The van der Waals surface area contributed by atoms with Crippen molar-refractivity contribution >= 4 is 11.6 Å². The molecule has 1 fully saturated rings. The van der Waals surface area contributed by atoms with Gasteiger partial charge in [-0.2, -0.15) is 0 Å². The molecule has 0 aliphatic carbocycles. The first-order chi connectivity index (χ1) is 13.2. The van der Waals surface area contributed by atoms with Crippen LogP contribution in [0.1, 0.15) is 30.1 Å². The second-order valence-electron chi connectivity index (χ2n) is 7.18. The molecule has 7 nitrogen and oxygen atoms in total. The van der Waals surface area contributed by atoms with E-state index < -0.39 is 0 Å². The Balaban J connectivity index is 1.52. The predicted octanol–water partition coefficient (Wildman–Crippen LogP) is 2.57. The zero-order valence-electron chi connectivity index (χ0n) is 15.9. The first-order valence-electron chi connectivity index (χ1n) is 9.35. The van der Waals surface area contributed by atoms with Crippen LogP contribution in [0.3, 0.4) is 0 Å². The normalized spacial score (nSPS) is 17.1. The van der Waals surface area contributed by atoms with Crippen molar-refractivity contribution in [2.45, 2.75) is 25.3 Å². The highest BCUT2D eigenvalue weighted by molar-refractivity contribution is 5.45. The van der Waals surface area contributed by atoms with Gasteiger partial charge in [0.05, 0.1) is 12.4 Å². The van der Waals surface area contributed by atoms with Crippen molar-refractivity contribution in [3.8, 4) is 0 Å².